The molecule has 19 heavy (non-hydrogen) atoms. The minimum absolute atomic E-state index is 0.0393. The molecule has 1 rings (SSSR count). The van der Waals surface area contributed by atoms with E-state index >= 15 is 0 Å². The van der Waals surface area contributed by atoms with E-state index in [4.69, 9.17) is 22.3 Å². The van der Waals surface area contributed by atoms with Crippen molar-refractivity contribution in [1.82, 2.24) is 5.32 Å². The monoisotopic (exact) mass is 323 g/mol. The minimum Gasteiger partial charge on any atom is -0.349 e. The van der Waals surface area contributed by atoms with Crippen LogP contribution in [-0.4, -0.2) is 20.4 Å². The van der Waals surface area contributed by atoms with Crippen LogP contribution in [0.4, 0.5) is 0 Å². The van der Waals surface area contributed by atoms with Crippen molar-refractivity contribution >= 4 is 37.2 Å². The summed E-state index contributed by atoms with van der Waals surface area (Å²) in [5.41, 5.74) is 0.166. The minimum atomic E-state index is -3.92. The number of rotatable bonds is 4. The lowest BCUT2D eigenvalue weighted by molar-refractivity contribution is 0.0930. The first-order chi connectivity index (χ1) is 8.61. The third kappa shape index (κ3) is 4.67. The summed E-state index contributed by atoms with van der Waals surface area (Å²) < 4.78 is 22.5. The topological polar surface area (TPSA) is 63.2 Å². The molecule has 1 aromatic carbocycles. The van der Waals surface area contributed by atoms with Crippen LogP contribution in [0.3, 0.4) is 0 Å². The van der Waals surface area contributed by atoms with Gasteiger partial charge in [-0.1, -0.05) is 25.4 Å². The summed E-state index contributed by atoms with van der Waals surface area (Å²) in [5.74, 6) is -0.121. The lowest BCUT2D eigenvalue weighted by Crippen LogP contribution is -2.36. The van der Waals surface area contributed by atoms with Gasteiger partial charge in [0.05, 0.1) is 4.90 Å². The van der Waals surface area contributed by atoms with E-state index in [1.54, 1.807) is 0 Å². The molecule has 106 valence electrons. The lowest BCUT2D eigenvalue weighted by Gasteiger charge is -2.17. The highest BCUT2D eigenvalue weighted by Crippen LogP contribution is 2.22. The molecule has 1 amide bonds. The number of carbonyl (C=O) groups excluding carboxylic acids is 1. The Kier molecular flexibility index (Phi) is 5.24. The number of benzene rings is 1. The summed E-state index contributed by atoms with van der Waals surface area (Å²) in [7, 11) is 1.33. The lowest BCUT2D eigenvalue weighted by atomic mass is 10.1. The third-order valence-electron chi connectivity index (χ3n) is 2.77. The van der Waals surface area contributed by atoms with Gasteiger partial charge in [0.15, 0.2) is 0 Å². The molecule has 0 aliphatic heterocycles. The van der Waals surface area contributed by atoms with Crippen molar-refractivity contribution in [3.63, 3.8) is 0 Å². The van der Waals surface area contributed by atoms with Crippen LogP contribution >= 0.6 is 22.3 Å². The molecule has 0 aliphatic carbocycles. The molecule has 4 nitrogen and oxygen atoms in total. The summed E-state index contributed by atoms with van der Waals surface area (Å²) in [6.45, 7) is 5.81. The average Bonchev–Trinajstić information content (AvgIpc) is 2.26. The van der Waals surface area contributed by atoms with Gasteiger partial charge in [0.1, 0.15) is 0 Å². The molecule has 1 unspecified atom stereocenters. The fraction of sp³-hybridized carbons (Fsp3) is 0.417. The molecule has 0 radical (unpaired) electrons. The third-order valence-corrected chi connectivity index (χ3v) is 4.33. The van der Waals surface area contributed by atoms with Crippen LogP contribution in [0.25, 0.3) is 0 Å². The molecule has 0 saturated carbocycles. The number of hydrogen-bond donors (Lipinski definition) is 1. The highest BCUT2D eigenvalue weighted by Gasteiger charge is 2.17. The first-order valence-corrected chi connectivity index (χ1v) is 8.36. The zero-order valence-electron chi connectivity index (χ0n) is 10.8. The molecule has 1 atom stereocenters. The molecular weight excluding hydrogens is 309 g/mol. The van der Waals surface area contributed by atoms with Crippen molar-refractivity contribution in [2.75, 3.05) is 0 Å². The Morgan fingerprint density at radius 3 is 2.26 bits per heavy atom. The van der Waals surface area contributed by atoms with E-state index in [-0.39, 0.29) is 33.3 Å². The van der Waals surface area contributed by atoms with E-state index in [1.807, 2.05) is 20.8 Å². The SMILES string of the molecule is CC(C)C(C)NC(=O)c1cc(Cl)cc(S(=O)(=O)Cl)c1. The van der Waals surface area contributed by atoms with E-state index in [0.717, 1.165) is 0 Å². The van der Waals surface area contributed by atoms with Crippen molar-refractivity contribution in [2.45, 2.75) is 31.7 Å². The van der Waals surface area contributed by atoms with Crippen LogP contribution in [0.15, 0.2) is 23.1 Å². The summed E-state index contributed by atoms with van der Waals surface area (Å²) in [6.07, 6.45) is 0. The number of carbonyl (C=O) groups is 1. The maximum Gasteiger partial charge on any atom is 0.261 e. The highest BCUT2D eigenvalue weighted by molar-refractivity contribution is 8.13. The molecule has 0 aliphatic rings. The van der Waals surface area contributed by atoms with E-state index in [1.165, 1.54) is 18.2 Å². The normalized spacial score (nSPS) is 13.4. The van der Waals surface area contributed by atoms with Crippen LogP contribution in [0.2, 0.25) is 5.02 Å². The Bertz CT molecular complexity index is 585. The number of hydrogen-bond acceptors (Lipinski definition) is 3. The van der Waals surface area contributed by atoms with Crippen molar-refractivity contribution in [2.24, 2.45) is 5.92 Å². The Labute approximate surface area is 122 Å². The van der Waals surface area contributed by atoms with Crippen molar-refractivity contribution in [3.05, 3.63) is 28.8 Å². The Hall–Kier alpha value is -0.780. The van der Waals surface area contributed by atoms with Crippen LogP contribution in [0.1, 0.15) is 31.1 Å². The van der Waals surface area contributed by atoms with Crippen molar-refractivity contribution < 1.29 is 13.2 Å². The standard InChI is InChI=1S/C12H15Cl2NO3S/c1-7(2)8(3)15-12(16)9-4-10(13)6-11(5-9)19(14,17)18/h4-8H,1-3H3,(H,15,16). The van der Waals surface area contributed by atoms with Crippen LogP contribution in [0.5, 0.6) is 0 Å². The summed E-state index contributed by atoms with van der Waals surface area (Å²) in [4.78, 5) is 11.8. The van der Waals surface area contributed by atoms with Gasteiger partial charge < -0.3 is 5.32 Å². The molecule has 0 spiro atoms. The molecule has 0 bridgehead atoms. The van der Waals surface area contributed by atoms with Gasteiger partial charge in [-0.2, -0.15) is 0 Å². The fourth-order valence-electron chi connectivity index (χ4n) is 1.29. The Morgan fingerprint density at radius 2 is 1.79 bits per heavy atom. The summed E-state index contributed by atoms with van der Waals surface area (Å²) >= 11 is 5.80. The van der Waals surface area contributed by atoms with Gasteiger partial charge in [0.2, 0.25) is 0 Å². The van der Waals surface area contributed by atoms with Gasteiger partial charge in [-0.3, -0.25) is 4.79 Å². The fourth-order valence-corrected chi connectivity index (χ4v) is 2.39. The summed E-state index contributed by atoms with van der Waals surface area (Å²) in [6, 6.07) is 3.76. The number of halogens is 2. The summed E-state index contributed by atoms with van der Waals surface area (Å²) in [5, 5.41) is 2.91. The second-order valence-electron chi connectivity index (χ2n) is 4.62. The van der Waals surface area contributed by atoms with Crippen LogP contribution in [-0.2, 0) is 9.05 Å². The molecule has 0 heterocycles. The molecular formula is C12H15Cl2NO3S. The van der Waals surface area contributed by atoms with Gasteiger partial charge in [-0.15, -0.1) is 0 Å². The van der Waals surface area contributed by atoms with Crippen molar-refractivity contribution in [1.29, 1.82) is 0 Å². The van der Waals surface area contributed by atoms with Gasteiger partial charge in [-0.25, -0.2) is 8.42 Å². The van der Waals surface area contributed by atoms with Gasteiger partial charge in [0.25, 0.3) is 15.0 Å². The van der Waals surface area contributed by atoms with Gasteiger partial charge >= 0.3 is 0 Å². The van der Waals surface area contributed by atoms with Crippen LogP contribution < -0.4 is 5.32 Å². The first kappa shape index (κ1) is 16.3. The number of nitrogens with one attached hydrogen (secondary N) is 1. The zero-order chi connectivity index (χ0) is 14.8. The van der Waals surface area contributed by atoms with E-state index in [9.17, 15) is 13.2 Å². The van der Waals surface area contributed by atoms with E-state index in [2.05, 4.69) is 5.32 Å². The molecule has 0 aromatic heterocycles. The predicted octanol–water partition coefficient (Wildman–Crippen LogP) is 3.04. The molecule has 1 aromatic rings. The highest BCUT2D eigenvalue weighted by atomic mass is 35.7. The van der Waals surface area contributed by atoms with Gasteiger partial charge in [-0.05, 0) is 31.0 Å². The van der Waals surface area contributed by atoms with Crippen LogP contribution in [0, 0.1) is 5.92 Å². The first-order valence-electron chi connectivity index (χ1n) is 5.67. The molecule has 0 saturated heterocycles. The molecule has 1 N–H and O–H groups in total. The van der Waals surface area contributed by atoms with Gasteiger partial charge in [0, 0.05) is 27.3 Å². The predicted molar refractivity (Wildman–Crippen MR) is 76.3 cm³/mol. The van der Waals surface area contributed by atoms with E-state index < -0.39 is 9.05 Å². The largest absolute Gasteiger partial charge is 0.349 e. The molecule has 0 fully saturated rings. The second kappa shape index (κ2) is 6.11. The quantitative estimate of drug-likeness (QED) is 0.866. The van der Waals surface area contributed by atoms with Crippen molar-refractivity contribution in [3.8, 4) is 0 Å². The average molecular weight is 324 g/mol. The Balaban J connectivity index is 3.08. The molecule has 7 heteroatoms. The number of amides is 1. The Morgan fingerprint density at radius 1 is 1.21 bits per heavy atom. The maximum absolute atomic E-state index is 12.0. The van der Waals surface area contributed by atoms with E-state index in [0.29, 0.717) is 0 Å². The smallest absolute Gasteiger partial charge is 0.261 e. The maximum atomic E-state index is 12.0. The second-order valence-corrected chi connectivity index (χ2v) is 7.62. The zero-order valence-corrected chi connectivity index (χ0v) is 13.1.